The molecule has 0 unspecified atom stereocenters. The summed E-state index contributed by atoms with van der Waals surface area (Å²) < 4.78 is 0.829. The Hall–Kier alpha value is -0.740. The summed E-state index contributed by atoms with van der Waals surface area (Å²) in [6, 6.07) is 8.22. The Morgan fingerprint density at radius 2 is 1.93 bits per heavy atom. The number of thioether (sulfide) groups is 1. The normalized spacial score (nSPS) is 9.80. The first-order valence-corrected chi connectivity index (χ1v) is 6.24. The maximum atomic E-state index is 5.16. The molecular formula is C11H16N2S2. The fourth-order valence-corrected chi connectivity index (χ4v) is 2.05. The maximum Gasteiger partial charge on any atom is 0.138 e. The molecule has 0 fully saturated rings. The van der Waals surface area contributed by atoms with Crippen LogP contribution in [0.1, 0.15) is 6.92 Å². The summed E-state index contributed by atoms with van der Waals surface area (Å²) in [6.45, 7) is 2.09. The number of nitrogens with one attached hydrogen (secondary N) is 1. The molecule has 1 rings (SSSR count). The van der Waals surface area contributed by atoms with Crippen LogP contribution in [0.4, 0.5) is 11.4 Å². The van der Waals surface area contributed by atoms with E-state index in [-0.39, 0.29) is 0 Å². The lowest BCUT2D eigenvalue weighted by Crippen LogP contribution is -2.09. The van der Waals surface area contributed by atoms with Gasteiger partial charge in [0.15, 0.2) is 0 Å². The van der Waals surface area contributed by atoms with Crippen LogP contribution in [0, 0.1) is 0 Å². The van der Waals surface area contributed by atoms with E-state index >= 15 is 0 Å². The Balaban J connectivity index is 2.60. The second-order valence-electron chi connectivity index (χ2n) is 3.29. The zero-order chi connectivity index (χ0) is 11.3. The lowest BCUT2D eigenvalue weighted by atomic mass is 10.3. The van der Waals surface area contributed by atoms with E-state index in [1.165, 1.54) is 5.69 Å². The van der Waals surface area contributed by atoms with Crippen molar-refractivity contribution in [2.24, 2.45) is 0 Å². The number of hydrogen-bond acceptors (Lipinski definition) is 3. The van der Waals surface area contributed by atoms with Crippen molar-refractivity contribution in [3.05, 3.63) is 24.3 Å². The molecule has 0 radical (unpaired) electrons. The summed E-state index contributed by atoms with van der Waals surface area (Å²) in [5.41, 5.74) is 2.24. The van der Waals surface area contributed by atoms with E-state index in [9.17, 15) is 0 Å². The van der Waals surface area contributed by atoms with Crippen LogP contribution in [0.3, 0.4) is 0 Å². The van der Waals surface area contributed by atoms with Crippen molar-refractivity contribution in [2.75, 3.05) is 30.1 Å². The van der Waals surface area contributed by atoms with E-state index in [1.54, 1.807) is 11.8 Å². The first kappa shape index (κ1) is 12.3. The predicted octanol–water partition coefficient (Wildman–Crippen LogP) is 3.20. The summed E-state index contributed by atoms with van der Waals surface area (Å²) in [4.78, 5) is 2.07. The third kappa shape index (κ3) is 4.10. The molecule has 0 atom stereocenters. The van der Waals surface area contributed by atoms with Crippen LogP contribution in [0.15, 0.2) is 24.3 Å². The highest BCUT2D eigenvalue weighted by atomic mass is 32.2. The minimum Gasteiger partial charge on any atom is -0.378 e. The lowest BCUT2D eigenvalue weighted by Gasteiger charge is -2.13. The Morgan fingerprint density at radius 3 is 2.40 bits per heavy atom. The molecule has 0 aliphatic rings. The van der Waals surface area contributed by atoms with Gasteiger partial charge in [-0.25, -0.2) is 0 Å². The molecule has 82 valence electrons. The van der Waals surface area contributed by atoms with Gasteiger partial charge in [0.1, 0.15) is 4.32 Å². The lowest BCUT2D eigenvalue weighted by molar-refractivity contribution is 1.13. The van der Waals surface area contributed by atoms with Crippen molar-refractivity contribution in [1.29, 1.82) is 0 Å². The van der Waals surface area contributed by atoms with Crippen LogP contribution in [0.25, 0.3) is 0 Å². The van der Waals surface area contributed by atoms with Gasteiger partial charge in [-0.1, -0.05) is 30.9 Å². The zero-order valence-electron chi connectivity index (χ0n) is 9.28. The molecule has 0 aliphatic heterocycles. The van der Waals surface area contributed by atoms with Crippen molar-refractivity contribution in [1.82, 2.24) is 0 Å². The highest BCUT2D eigenvalue weighted by molar-refractivity contribution is 8.23. The fraction of sp³-hybridized carbons (Fsp3) is 0.364. The number of nitrogens with zero attached hydrogens (tertiary/aromatic N) is 1. The number of anilines is 2. The van der Waals surface area contributed by atoms with Crippen LogP contribution in [-0.4, -0.2) is 24.2 Å². The zero-order valence-corrected chi connectivity index (χ0v) is 10.9. The maximum absolute atomic E-state index is 5.16. The van der Waals surface area contributed by atoms with Gasteiger partial charge >= 0.3 is 0 Å². The number of rotatable bonds is 3. The minimum absolute atomic E-state index is 0.829. The summed E-state index contributed by atoms with van der Waals surface area (Å²) in [5.74, 6) is 1.00. The van der Waals surface area contributed by atoms with Crippen molar-refractivity contribution >= 4 is 39.7 Å². The Kier molecular flexibility index (Phi) is 4.91. The Bertz CT molecular complexity index is 320. The van der Waals surface area contributed by atoms with E-state index < -0.39 is 0 Å². The number of hydrogen-bond donors (Lipinski definition) is 1. The van der Waals surface area contributed by atoms with E-state index in [0.29, 0.717) is 0 Å². The summed E-state index contributed by atoms with van der Waals surface area (Å²) in [6.07, 6.45) is 0. The smallest absolute Gasteiger partial charge is 0.138 e. The fourth-order valence-electron chi connectivity index (χ4n) is 1.13. The van der Waals surface area contributed by atoms with Gasteiger partial charge in [-0.15, -0.1) is 0 Å². The first-order chi connectivity index (χ1) is 7.13. The summed E-state index contributed by atoms with van der Waals surface area (Å²) in [5, 5.41) is 3.18. The van der Waals surface area contributed by atoms with Crippen LogP contribution in [-0.2, 0) is 0 Å². The van der Waals surface area contributed by atoms with Crippen LogP contribution < -0.4 is 10.2 Å². The average Bonchev–Trinajstić information content (AvgIpc) is 2.18. The third-order valence-corrected chi connectivity index (χ3v) is 3.01. The molecule has 0 amide bonds. The van der Waals surface area contributed by atoms with Crippen molar-refractivity contribution < 1.29 is 0 Å². The monoisotopic (exact) mass is 240 g/mol. The van der Waals surface area contributed by atoms with Crippen molar-refractivity contribution in [3.8, 4) is 0 Å². The van der Waals surface area contributed by atoms with Crippen molar-refractivity contribution in [2.45, 2.75) is 6.92 Å². The van der Waals surface area contributed by atoms with Crippen LogP contribution in [0.2, 0.25) is 0 Å². The summed E-state index contributed by atoms with van der Waals surface area (Å²) >= 11 is 6.81. The van der Waals surface area contributed by atoms with Gasteiger partial charge in [0, 0.05) is 25.5 Å². The molecule has 0 aliphatic carbocycles. The molecular weight excluding hydrogens is 224 g/mol. The van der Waals surface area contributed by atoms with Gasteiger partial charge < -0.3 is 10.2 Å². The van der Waals surface area contributed by atoms with Crippen LogP contribution >= 0.6 is 24.0 Å². The SMILES string of the molecule is CCSC(=S)Nc1ccc(N(C)C)cc1. The summed E-state index contributed by atoms with van der Waals surface area (Å²) in [7, 11) is 4.06. The molecule has 4 heteroatoms. The van der Waals surface area contributed by atoms with Gasteiger partial charge in [0.25, 0.3) is 0 Å². The highest BCUT2D eigenvalue weighted by Gasteiger charge is 1.98. The van der Waals surface area contributed by atoms with Gasteiger partial charge in [0.05, 0.1) is 0 Å². The van der Waals surface area contributed by atoms with Gasteiger partial charge in [-0.05, 0) is 30.0 Å². The molecule has 15 heavy (non-hydrogen) atoms. The van der Waals surface area contributed by atoms with E-state index in [0.717, 1.165) is 15.8 Å². The second kappa shape index (κ2) is 5.98. The Morgan fingerprint density at radius 1 is 1.33 bits per heavy atom. The molecule has 1 aromatic carbocycles. The quantitative estimate of drug-likeness (QED) is 0.816. The van der Waals surface area contributed by atoms with Crippen LogP contribution in [0.5, 0.6) is 0 Å². The molecule has 2 nitrogen and oxygen atoms in total. The highest BCUT2D eigenvalue weighted by Crippen LogP contribution is 2.17. The second-order valence-corrected chi connectivity index (χ2v) is 5.23. The molecule has 0 saturated heterocycles. The molecule has 0 saturated carbocycles. The van der Waals surface area contributed by atoms with E-state index in [2.05, 4.69) is 29.3 Å². The Labute approximate surface area is 101 Å². The largest absolute Gasteiger partial charge is 0.378 e. The van der Waals surface area contributed by atoms with Gasteiger partial charge in [0.2, 0.25) is 0 Å². The third-order valence-electron chi connectivity index (χ3n) is 1.91. The number of thiocarbonyl (C=S) groups is 1. The molecule has 0 aromatic heterocycles. The van der Waals surface area contributed by atoms with Gasteiger partial charge in [-0.2, -0.15) is 0 Å². The number of benzene rings is 1. The van der Waals surface area contributed by atoms with E-state index in [1.807, 2.05) is 26.2 Å². The standard InChI is InChI=1S/C11H16N2S2/c1-4-15-11(14)12-9-5-7-10(8-6-9)13(2)3/h5-8H,4H2,1-3H3,(H,12,14). The minimum atomic E-state index is 0.829. The van der Waals surface area contributed by atoms with Crippen molar-refractivity contribution in [3.63, 3.8) is 0 Å². The topological polar surface area (TPSA) is 15.3 Å². The molecule has 0 spiro atoms. The van der Waals surface area contributed by atoms with E-state index in [4.69, 9.17) is 12.2 Å². The average molecular weight is 240 g/mol. The first-order valence-electron chi connectivity index (χ1n) is 4.84. The molecule has 0 bridgehead atoms. The molecule has 0 heterocycles. The molecule has 1 aromatic rings. The van der Waals surface area contributed by atoms with Gasteiger partial charge in [-0.3, -0.25) is 0 Å². The predicted molar refractivity (Wildman–Crippen MR) is 75.1 cm³/mol. The molecule has 1 N–H and O–H groups in total.